The van der Waals surface area contributed by atoms with Gasteiger partial charge >= 0.3 is 12.0 Å². The Labute approximate surface area is 118 Å². The number of carbonyl (C=O) groups is 2. The van der Waals surface area contributed by atoms with E-state index in [-0.39, 0.29) is 19.0 Å². The summed E-state index contributed by atoms with van der Waals surface area (Å²) in [5, 5.41) is 21.5. The van der Waals surface area contributed by atoms with E-state index in [9.17, 15) is 14.7 Å². The van der Waals surface area contributed by atoms with Crippen molar-refractivity contribution >= 4 is 12.0 Å². The summed E-state index contributed by atoms with van der Waals surface area (Å²) in [5.41, 5.74) is -0.867. The number of amides is 2. The van der Waals surface area contributed by atoms with Crippen LogP contribution in [0.25, 0.3) is 0 Å². The predicted molar refractivity (Wildman–Crippen MR) is 72.5 cm³/mol. The van der Waals surface area contributed by atoms with Crippen molar-refractivity contribution in [1.29, 1.82) is 0 Å². The summed E-state index contributed by atoms with van der Waals surface area (Å²) in [5.74, 6) is -0.824. The molecule has 20 heavy (non-hydrogen) atoms. The van der Waals surface area contributed by atoms with Gasteiger partial charge in [0, 0.05) is 46.1 Å². The number of likely N-dealkylation sites (N-methyl/N-ethyl adjacent to an activating group) is 1. The molecule has 0 aromatic carbocycles. The Kier molecular flexibility index (Phi) is 6.74. The lowest BCUT2D eigenvalue weighted by Gasteiger charge is -2.35. The van der Waals surface area contributed by atoms with Gasteiger partial charge in [0.15, 0.2) is 0 Å². The highest BCUT2D eigenvalue weighted by atomic mass is 16.5. The Hall–Kier alpha value is -1.34. The highest BCUT2D eigenvalue weighted by Crippen LogP contribution is 2.21. The Morgan fingerprint density at radius 3 is 2.55 bits per heavy atom. The highest BCUT2D eigenvalue weighted by Gasteiger charge is 2.32. The van der Waals surface area contributed by atoms with Gasteiger partial charge in [0.1, 0.15) is 0 Å². The van der Waals surface area contributed by atoms with Crippen molar-refractivity contribution in [2.75, 3.05) is 33.4 Å². The molecule has 0 bridgehead atoms. The van der Waals surface area contributed by atoms with E-state index in [4.69, 9.17) is 9.84 Å². The number of urea groups is 1. The second kappa shape index (κ2) is 8.06. The molecule has 0 unspecified atom stereocenters. The van der Waals surface area contributed by atoms with Gasteiger partial charge in [-0.15, -0.1) is 0 Å². The molecule has 1 rings (SSSR count). The van der Waals surface area contributed by atoms with Crippen molar-refractivity contribution in [2.24, 2.45) is 0 Å². The van der Waals surface area contributed by atoms with Crippen LogP contribution in [0.1, 0.15) is 32.1 Å². The number of aliphatic carboxylic acids is 1. The molecule has 1 heterocycles. The molecular weight excluding hydrogens is 264 g/mol. The zero-order chi connectivity index (χ0) is 15.0. The molecule has 116 valence electrons. The van der Waals surface area contributed by atoms with Gasteiger partial charge in [-0.3, -0.25) is 4.79 Å². The summed E-state index contributed by atoms with van der Waals surface area (Å²) in [6.07, 6.45) is 2.35. The molecule has 3 N–H and O–H groups in total. The molecular formula is C13H24N2O5. The molecule has 0 aromatic heterocycles. The van der Waals surface area contributed by atoms with Gasteiger partial charge < -0.3 is 25.2 Å². The SMILES string of the molecule is CN(CC1(O)CCOCC1)C(=O)NCCCCC(=O)O. The van der Waals surface area contributed by atoms with Gasteiger partial charge in [-0.05, 0) is 12.8 Å². The molecule has 1 aliphatic heterocycles. The standard InChI is InChI=1S/C13H24N2O5/c1-15(10-13(19)5-8-20-9-6-13)12(18)14-7-3-2-4-11(16)17/h19H,2-10H2,1H3,(H,14,18)(H,16,17). The summed E-state index contributed by atoms with van der Waals surface area (Å²) in [6, 6.07) is -0.250. The van der Waals surface area contributed by atoms with Gasteiger partial charge in [0.2, 0.25) is 0 Å². The molecule has 7 nitrogen and oxygen atoms in total. The summed E-state index contributed by atoms with van der Waals surface area (Å²) in [6.45, 7) is 1.75. The number of nitrogens with zero attached hydrogens (tertiary/aromatic N) is 1. The lowest BCUT2D eigenvalue weighted by Crippen LogP contribution is -2.49. The Morgan fingerprint density at radius 1 is 1.30 bits per heavy atom. The van der Waals surface area contributed by atoms with Gasteiger partial charge in [-0.1, -0.05) is 0 Å². The normalized spacial score (nSPS) is 17.5. The maximum absolute atomic E-state index is 11.8. The predicted octanol–water partition coefficient (Wildman–Crippen LogP) is 0.424. The van der Waals surface area contributed by atoms with Crippen LogP contribution in [0.4, 0.5) is 4.79 Å². The number of hydrogen-bond donors (Lipinski definition) is 3. The van der Waals surface area contributed by atoms with E-state index in [1.807, 2.05) is 0 Å². The van der Waals surface area contributed by atoms with Crippen LogP contribution in [0, 0.1) is 0 Å². The maximum atomic E-state index is 11.8. The zero-order valence-electron chi connectivity index (χ0n) is 11.9. The van der Waals surface area contributed by atoms with Crippen LogP contribution in [0.3, 0.4) is 0 Å². The summed E-state index contributed by atoms with van der Waals surface area (Å²) in [4.78, 5) is 23.6. The average molecular weight is 288 g/mol. The first-order chi connectivity index (χ1) is 9.43. The second-order valence-electron chi connectivity index (χ2n) is 5.28. The van der Waals surface area contributed by atoms with Crippen molar-refractivity contribution in [1.82, 2.24) is 10.2 Å². The van der Waals surface area contributed by atoms with Gasteiger partial charge in [0.05, 0.1) is 12.1 Å². The van der Waals surface area contributed by atoms with Crippen molar-refractivity contribution in [2.45, 2.75) is 37.7 Å². The fourth-order valence-electron chi connectivity index (χ4n) is 2.15. The molecule has 7 heteroatoms. The van der Waals surface area contributed by atoms with E-state index < -0.39 is 11.6 Å². The monoisotopic (exact) mass is 288 g/mol. The smallest absolute Gasteiger partial charge is 0.317 e. The first-order valence-electron chi connectivity index (χ1n) is 6.94. The number of rotatable bonds is 7. The van der Waals surface area contributed by atoms with Crippen LogP contribution in [0.5, 0.6) is 0 Å². The molecule has 0 atom stereocenters. The molecule has 1 saturated heterocycles. The number of carboxylic acid groups (broad SMARTS) is 1. The largest absolute Gasteiger partial charge is 0.481 e. The van der Waals surface area contributed by atoms with E-state index in [1.165, 1.54) is 4.90 Å². The van der Waals surface area contributed by atoms with Gasteiger partial charge in [0.25, 0.3) is 0 Å². The molecule has 0 saturated carbocycles. The number of nitrogens with one attached hydrogen (secondary N) is 1. The third-order valence-electron chi connectivity index (χ3n) is 3.40. The molecule has 2 amide bonds. The molecule has 1 aliphatic rings. The summed E-state index contributed by atoms with van der Waals surface area (Å²) >= 11 is 0. The summed E-state index contributed by atoms with van der Waals surface area (Å²) < 4.78 is 5.19. The number of carbonyl (C=O) groups excluding carboxylic acids is 1. The van der Waals surface area contributed by atoms with Crippen molar-refractivity contribution < 1.29 is 24.5 Å². The molecule has 0 spiro atoms. The van der Waals surface area contributed by atoms with Gasteiger partial charge in [-0.25, -0.2) is 4.79 Å². The Balaban J connectivity index is 2.20. The van der Waals surface area contributed by atoms with Crippen molar-refractivity contribution in [3.8, 4) is 0 Å². The molecule has 0 radical (unpaired) electrons. The van der Waals surface area contributed by atoms with Gasteiger partial charge in [-0.2, -0.15) is 0 Å². The van der Waals surface area contributed by atoms with Crippen molar-refractivity contribution in [3.05, 3.63) is 0 Å². The van der Waals surface area contributed by atoms with E-state index in [2.05, 4.69) is 5.32 Å². The Bertz CT molecular complexity index is 329. The number of hydrogen-bond acceptors (Lipinski definition) is 4. The van der Waals surface area contributed by atoms with Crippen LogP contribution in [-0.2, 0) is 9.53 Å². The minimum atomic E-state index is -0.867. The van der Waals surface area contributed by atoms with E-state index >= 15 is 0 Å². The van der Waals surface area contributed by atoms with Crippen LogP contribution >= 0.6 is 0 Å². The first-order valence-corrected chi connectivity index (χ1v) is 6.94. The third kappa shape index (κ3) is 6.21. The van der Waals surface area contributed by atoms with Crippen molar-refractivity contribution in [3.63, 3.8) is 0 Å². The molecule has 0 aliphatic carbocycles. The topological polar surface area (TPSA) is 99.1 Å². The number of ether oxygens (including phenoxy) is 1. The lowest BCUT2D eigenvalue weighted by molar-refractivity contribution is -0.137. The van der Waals surface area contributed by atoms with Crippen LogP contribution in [0.2, 0.25) is 0 Å². The minimum absolute atomic E-state index is 0.117. The second-order valence-corrected chi connectivity index (χ2v) is 5.28. The van der Waals surface area contributed by atoms with E-state index in [0.717, 1.165) is 0 Å². The average Bonchev–Trinajstić information content (AvgIpc) is 2.38. The van der Waals surface area contributed by atoms with Crippen LogP contribution in [0.15, 0.2) is 0 Å². The highest BCUT2D eigenvalue weighted by molar-refractivity contribution is 5.73. The fourth-order valence-corrected chi connectivity index (χ4v) is 2.15. The quantitative estimate of drug-likeness (QED) is 0.590. The third-order valence-corrected chi connectivity index (χ3v) is 3.40. The number of unbranched alkanes of at least 4 members (excludes halogenated alkanes) is 1. The fraction of sp³-hybridized carbons (Fsp3) is 0.846. The minimum Gasteiger partial charge on any atom is -0.481 e. The first kappa shape index (κ1) is 16.7. The molecule has 0 aromatic rings. The Morgan fingerprint density at radius 2 is 1.95 bits per heavy atom. The number of aliphatic hydroxyl groups is 1. The number of carboxylic acids is 1. The lowest BCUT2D eigenvalue weighted by atomic mass is 9.94. The van der Waals surface area contributed by atoms with E-state index in [0.29, 0.717) is 45.4 Å². The molecule has 1 fully saturated rings. The van der Waals surface area contributed by atoms with E-state index in [1.54, 1.807) is 7.05 Å². The summed E-state index contributed by atoms with van der Waals surface area (Å²) in [7, 11) is 1.64. The van der Waals surface area contributed by atoms with Crippen LogP contribution < -0.4 is 5.32 Å². The van der Waals surface area contributed by atoms with Crippen LogP contribution in [-0.4, -0.2) is 66.1 Å². The maximum Gasteiger partial charge on any atom is 0.317 e. The zero-order valence-corrected chi connectivity index (χ0v) is 11.9.